The zero-order valence-corrected chi connectivity index (χ0v) is 16.2. The van der Waals surface area contributed by atoms with Crippen LogP contribution in [-0.2, 0) is 19.3 Å². The van der Waals surface area contributed by atoms with Crippen LogP contribution in [-0.4, -0.2) is 30.9 Å². The van der Waals surface area contributed by atoms with E-state index in [0.717, 1.165) is 0 Å². The fourth-order valence-electron chi connectivity index (χ4n) is 4.92. The summed E-state index contributed by atoms with van der Waals surface area (Å²) >= 11 is 2.07. The standard InChI is InChI=1S/C23H28N2S/c1-2-6-19-16-21(15-18(19)5-1)24-20-10-12-25(13-11-20)22-9-3-7-17-8-4-14-26-23(17)22/h1-3,5-7,9,20-21,24H,4,8,10-16H2. The fraction of sp³-hybridized carbons (Fsp3) is 0.478. The molecule has 2 aromatic rings. The van der Waals surface area contributed by atoms with Crippen LogP contribution in [0.3, 0.4) is 0 Å². The van der Waals surface area contributed by atoms with Crippen molar-refractivity contribution in [2.45, 2.75) is 55.5 Å². The maximum atomic E-state index is 3.97. The molecule has 0 aromatic heterocycles. The molecule has 26 heavy (non-hydrogen) atoms. The van der Waals surface area contributed by atoms with Gasteiger partial charge in [-0.15, -0.1) is 11.8 Å². The summed E-state index contributed by atoms with van der Waals surface area (Å²) in [6.45, 7) is 2.38. The van der Waals surface area contributed by atoms with E-state index in [4.69, 9.17) is 0 Å². The molecule has 3 aliphatic rings. The maximum Gasteiger partial charge on any atom is 0.0507 e. The Morgan fingerprint density at radius 3 is 2.35 bits per heavy atom. The van der Waals surface area contributed by atoms with E-state index in [1.807, 2.05) is 0 Å². The second-order valence-corrected chi connectivity index (χ2v) is 9.12. The fourth-order valence-corrected chi connectivity index (χ4v) is 6.11. The molecule has 2 aliphatic heterocycles. The quantitative estimate of drug-likeness (QED) is 0.866. The third-order valence-corrected chi connectivity index (χ3v) is 7.52. The molecule has 2 nitrogen and oxygen atoms in total. The van der Waals surface area contributed by atoms with Crippen molar-refractivity contribution in [2.75, 3.05) is 23.7 Å². The van der Waals surface area contributed by atoms with Gasteiger partial charge in [0.05, 0.1) is 5.69 Å². The van der Waals surface area contributed by atoms with E-state index < -0.39 is 0 Å². The summed E-state index contributed by atoms with van der Waals surface area (Å²) in [5.41, 5.74) is 6.17. The van der Waals surface area contributed by atoms with Crippen LogP contribution in [0.25, 0.3) is 0 Å². The van der Waals surface area contributed by atoms with E-state index in [0.29, 0.717) is 12.1 Å². The summed E-state index contributed by atoms with van der Waals surface area (Å²) in [6.07, 6.45) is 7.54. The molecule has 0 bridgehead atoms. The third-order valence-electron chi connectivity index (χ3n) is 6.27. The molecule has 1 fully saturated rings. The molecular formula is C23H28N2S. The van der Waals surface area contributed by atoms with Gasteiger partial charge in [0, 0.05) is 30.1 Å². The van der Waals surface area contributed by atoms with E-state index in [2.05, 4.69) is 64.4 Å². The topological polar surface area (TPSA) is 15.3 Å². The lowest BCUT2D eigenvalue weighted by atomic mass is 10.0. The molecule has 3 heteroatoms. The monoisotopic (exact) mass is 364 g/mol. The largest absolute Gasteiger partial charge is 0.371 e. The van der Waals surface area contributed by atoms with Crippen LogP contribution < -0.4 is 10.2 Å². The van der Waals surface area contributed by atoms with Gasteiger partial charge in [-0.05, 0) is 67.0 Å². The summed E-state index contributed by atoms with van der Waals surface area (Å²) in [5.74, 6) is 1.28. The lowest BCUT2D eigenvalue weighted by molar-refractivity contribution is 0.370. The van der Waals surface area contributed by atoms with Gasteiger partial charge in [-0.2, -0.15) is 0 Å². The van der Waals surface area contributed by atoms with Gasteiger partial charge >= 0.3 is 0 Å². The Kier molecular flexibility index (Phi) is 4.68. The minimum atomic E-state index is 0.643. The lowest BCUT2D eigenvalue weighted by Gasteiger charge is -2.37. The smallest absolute Gasteiger partial charge is 0.0507 e. The number of fused-ring (bicyclic) bond motifs is 2. The van der Waals surface area contributed by atoms with Crippen molar-refractivity contribution in [1.29, 1.82) is 0 Å². The Labute approximate surface area is 161 Å². The van der Waals surface area contributed by atoms with Crippen LogP contribution >= 0.6 is 11.8 Å². The van der Waals surface area contributed by atoms with Crippen LogP contribution in [0.5, 0.6) is 0 Å². The molecule has 0 amide bonds. The first-order valence-corrected chi connectivity index (χ1v) is 11.2. The Morgan fingerprint density at radius 1 is 0.846 bits per heavy atom. The Morgan fingerprint density at radius 2 is 1.58 bits per heavy atom. The second kappa shape index (κ2) is 7.28. The summed E-state index contributed by atoms with van der Waals surface area (Å²) < 4.78 is 0. The molecule has 136 valence electrons. The zero-order chi connectivity index (χ0) is 17.3. The molecule has 0 radical (unpaired) electrons. The van der Waals surface area contributed by atoms with Gasteiger partial charge in [0.25, 0.3) is 0 Å². The van der Waals surface area contributed by atoms with E-state index >= 15 is 0 Å². The molecule has 1 aliphatic carbocycles. The Bertz CT molecular complexity index is 755. The third kappa shape index (κ3) is 3.27. The normalized spacial score (nSPS) is 20.8. The highest BCUT2D eigenvalue weighted by Crippen LogP contribution is 2.38. The number of nitrogens with zero attached hydrogens (tertiary/aromatic N) is 1. The van der Waals surface area contributed by atoms with Crippen molar-refractivity contribution in [3.63, 3.8) is 0 Å². The van der Waals surface area contributed by atoms with Crippen LogP contribution in [0.15, 0.2) is 47.4 Å². The first kappa shape index (κ1) is 16.7. The van der Waals surface area contributed by atoms with E-state index in [1.54, 1.807) is 21.6 Å². The van der Waals surface area contributed by atoms with Crippen LogP contribution in [0.4, 0.5) is 5.69 Å². The molecule has 0 atom stereocenters. The highest BCUT2D eigenvalue weighted by atomic mass is 32.2. The zero-order valence-electron chi connectivity index (χ0n) is 15.4. The van der Waals surface area contributed by atoms with Gasteiger partial charge in [0.15, 0.2) is 0 Å². The minimum absolute atomic E-state index is 0.643. The average Bonchev–Trinajstić information content (AvgIpc) is 3.10. The first-order chi connectivity index (χ1) is 12.9. The van der Waals surface area contributed by atoms with Crippen molar-refractivity contribution in [1.82, 2.24) is 5.32 Å². The van der Waals surface area contributed by atoms with Crippen molar-refractivity contribution in [3.8, 4) is 0 Å². The Hall–Kier alpha value is -1.45. The molecule has 2 heterocycles. The molecule has 1 N–H and O–H groups in total. The summed E-state index contributed by atoms with van der Waals surface area (Å²) in [6, 6.07) is 17.2. The molecule has 1 saturated heterocycles. The SMILES string of the molecule is c1ccc2c(c1)CC(NC1CCN(c3cccc4c3SCCC4)CC1)C2. The highest BCUT2D eigenvalue weighted by molar-refractivity contribution is 7.99. The van der Waals surface area contributed by atoms with Gasteiger partial charge < -0.3 is 10.2 Å². The average molecular weight is 365 g/mol. The van der Waals surface area contributed by atoms with E-state index in [1.165, 1.54) is 63.1 Å². The number of nitrogens with one attached hydrogen (secondary N) is 1. The number of aryl methyl sites for hydroxylation is 1. The van der Waals surface area contributed by atoms with E-state index in [9.17, 15) is 0 Å². The van der Waals surface area contributed by atoms with Gasteiger partial charge in [-0.3, -0.25) is 0 Å². The first-order valence-electron chi connectivity index (χ1n) is 10.2. The van der Waals surface area contributed by atoms with Gasteiger partial charge in [-0.25, -0.2) is 0 Å². The summed E-state index contributed by atoms with van der Waals surface area (Å²) in [5, 5.41) is 3.97. The van der Waals surface area contributed by atoms with Crippen molar-refractivity contribution in [2.24, 2.45) is 0 Å². The number of piperidine rings is 1. The summed E-state index contributed by atoms with van der Waals surface area (Å²) in [7, 11) is 0. The number of thioether (sulfide) groups is 1. The van der Waals surface area contributed by atoms with Crippen molar-refractivity contribution < 1.29 is 0 Å². The molecule has 2 aromatic carbocycles. The maximum absolute atomic E-state index is 3.97. The van der Waals surface area contributed by atoms with Gasteiger partial charge in [-0.1, -0.05) is 36.4 Å². The molecule has 0 spiro atoms. The molecular weight excluding hydrogens is 336 g/mol. The summed E-state index contributed by atoms with van der Waals surface area (Å²) in [4.78, 5) is 4.20. The van der Waals surface area contributed by atoms with Gasteiger partial charge in [0.1, 0.15) is 0 Å². The highest BCUT2D eigenvalue weighted by Gasteiger charge is 2.27. The van der Waals surface area contributed by atoms with Crippen molar-refractivity contribution >= 4 is 17.4 Å². The second-order valence-electron chi connectivity index (χ2n) is 8.02. The van der Waals surface area contributed by atoms with Crippen LogP contribution in [0.1, 0.15) is 36.0 Å². The van der Waals surface area contributed by atoms with Gasteiger partial charge in [0.2, 0.25) is 0 Å². The van der Waals surface area contributed by atoms with E-state index in [-0.39, 0.29) is 0 Å². The number of hydrogen-bond acceptors (Lipinski definition) is 3. The van der Waals surface area contributed by atoms with Crippen molar-refractivity contribution in [3.05, 3.63) is 59.2 Å². The number of anilines is 1. The number of rotatable bonds is 3. The predicted octanol–water partition coefficient (Wildman–Crippen LogP) is 4.45. The minimum Gasteiger partial charge on any atom is -0.371 e. The van der Waals surface area contributed by atoms with Crippen LogP contribution in [0.2, 0.25) is 0 Å². The molecule has 0 saturated carbocycles. The number of hydrogen-bond donors (Lipinski definition) is 1. The lowest BCUT2D eigenvalue weighted by Crippen LogP contribution is -2.46. The Balaban J connectivity index is 1.20. The molecule has 5 rings (SSSR count). The predicted molar refractivity (Wildman–Crippen MR) is 111 cm³/mol. The van der Waals surface area contributed by atoms with Crippen LogP contribution in [0, 0.1) is 0 Å². The number of benzene rings is 2. The molecule has 0 unspecified atom stereocenters.